The van der Waals surface area contributed by atoms with Crippen molar-refractivity contribution in [1.82, 2.24) is 29.6 Å². The fourth-order valence-corrected chi connectivity index (χ4v) is 6.02. The van der Waals surface area contributed by atoms with Crippen molar-refractivity contribution < 1.29 is 43.7 Å². The van der Waals surface area contributed by atoms with Gasteiger partial charge < -0.3 is 47.7 Å². The van der Waals surface area contributed by atoms with Crippen LogP contribution in [0.3, 0.4) is 0 Å². The minimum absolute atomic E-state index is 0.00970. The topological polar surface area (TPSA) is 302 Å². The minimum atomic E-state index is -1.82. The zero-order valence-corrected chi connectivity index (χ0v) is 26.4. The van der Waals surface area contributed by atoms with Crippen LogP contribution in [-0.4, -0.2) is 95.4 Å². The number of hydrogen-bond acceptors (Lipinski definition) is 15. The normalized spacial score (nSPS) is 18.0. The van der Waals surface area contributed by atoms with Crippen molar-refractivity contribution in [3.8, 4) is 0 Å². The van der Waals surface area contributed by atoms with Crippen LogP contribution in [0, 0.1) is 0 Å². The molecule has 0 unspecified atom stereocenters. The number of rotatable bonds is 13. The Bertz CT molecular complexity index is 1630. The molecule has 2 atom stereocenters. The Morgan fingerprint density at radius 2 is 2.02 bits per heavy atom. The predicted molar refractivity (Wildman–Crippen MR) is 161 cm³/mol. The van der Waals surface area contributed by atoms with Crippen molar-refractivity contribution in [3.05, 3.63) is 23.3 Å². The lowest BCUT2D eigenvalue weighted by Gasteiger charge is -2.50. The van der Waals surface area contributed by atoms with Gasteiger partial charge in [0.2, 0.25) is 23.3 Å². The highest BCUT2D eigenvalue weighted by Gasteiger charge is 2.53. The summed E-state index contributed by atoms with van der Waals surface area (Å²) in [6.07, 6.45) is 2.10. The van der Waals surface area contributed by atoms with Crippen LogP contribution in [0.15, 0.2) is 22.6 Å². The molecule has 2 aliphatic rings. The lowest BCUT2D eigenvalue weighted by molar-refractivity contribution is -0.765. The molecule has 20 nitrogen and oxygen atoms in total. The molecule has 4 amide bonds. The van der Waals surface area contributed by atoms with E-state index in [4.69, 9.17) is 22.0 Å². The highest BCUT2D eigenvalue weighted by Crippen LogP contribution is 2.40. The Labute approximate surface area is 269 Å². The number of carbonyl (C=O) groups is 5. The summed E-state index contributed by atoms with van der Waals surface area (Å²) >= 11 is 1.94. The second kappa shape index (κ2) is 13.6. The number of anilines is 3. The van der Waals surface area contributed by atoms with Crippen molar-refractivity contribution >= 4 is 75.4 Å². The van der Waals surface area contributed by atoms with Crippen molar-refractivity contribution in [2.45, 2.75) is 43.8 Å². The molecule has 4 rings (SSSR count). The largest absolute Gasteiger partial charge is 0.543 e. The van der Waals surface area contributed by atoms with Crippen LogP contribution in [0.25, 0.3) is 0 Å². The number of fused-ring (bicyclic) bond motifs is 1. The maximum atomic E-state index is 13.2. The Morgan fingerprint density at radius 1 is 1.30 bits per heavy atom. The number of carboxylic acid groups (broad SMARTS) is 2. The summed E-state index contributed by atoms with van der Waals surface area (Å²) in [6, 6.07) is -1.68. The highest BCUT2D eigenvalue weighted by atomic mass is 32.2. The molecule has 4 heterocycles. The van der Waals surface area contributed by atoms with E-state index in [9.17, 15) is 34.2 Å². The van der Waals surface area contributed by atoms with Gasteiger partial charge in [0, 0.05) is 29.4 Å². The molecule has 0 aliphatic carbocycles. The first-order chi connectivity index (χ1) is 21.7. The zero-order chi connectivity index (χ0) is 33.9. The van der Waals surface area contributed by atoms with Gasteiger partial charge in [-0.15, -0.1) is 21.1 Å². The number of urea groups is 1. The van der Waals surface area contributed by atoms with E-state index >= 15 is 0 Å². The van der Waals surface area contributed by atoms with E-state index in [2.05, 4.69) is 30.5 Å². The summed E-state index contributed by atoms with van der Waals surface area (Å²) in [7, 11) is 1.61. The Morgan fingerprint density at radius 3 is 2.63 bits per heavy atom. The third kappa shape index (κ3) is 6.97. The average Bonchev–Trinajstić information content (AvgIpc) is 3.53. The van der Waals surface area contributed by atoms with Crippen LogP contribution in [0.5, 0.6) is 0 Å². The molecule has 10 N–H and O–H groups in total. The number of aliphatic carboxylic acids is 2. The number of nitrogen functional groups attached to an aromatic ring is 2. The fourth-order valence-electron chi connectivity index (χ4n) is 4.25. The van der Waals surface area contributed by atoms with Gasteiger partial charge in [0.1, 0.15) is 11.4 Å². The van der Waals surface area contributed by atoms with Gasteiger partial charge in [0.15, 0.2) is 23.2 Å². The van der Waals surface area contributed by atoms with Gasteiger partial charge in [0.25, 0.3) is 11.8 Å². The molecule has 22 heteroatoms. The minimum Gasteiger partial charge on any atom is -0.543 e. The number of carbonyl (C=O) groups excluding carboxylic acids is 4. The molecule has 1 saturated heterocycles. The number of thioether (sulfide) groups is 1. The summed E-state index contributed by atoms with van der Waals surface area (Å²) < 4.78 is 6.97. The summed E-state index contributed by atoms with van der Waals surface area (Å²) in [6.45, 7) is 3.16. The SMILES string of the molecule is Cn1c(N)c(NC(=O)NCCCN)c[n+]1CC1=C(C(=O)[O-])N2C(=O)[C@@H](NC(=O)/C(=N/OC(C)(C)C(=O)O)c3nsc(N)n3)[C@H]2SC1. The van der Waals surface area contributed by atoms with Gasteiger partial charge in [-0.1, -0.05) is 5.16 Å². The van der Waals surface area contributed by atoms with Gasteiger partial charge in [0.05, 0.1) is 18.7 Å². The standard InChI is InChI=1S/C24H32N12O8S2/c1-24(2,21(41)42)44-32-12(16-31-22(27)46-33-16)17(37)30-13-18(38)36-14(20(39)40)10(9-45-19(13)36)7-35-8-11(15(26)34(35)3)29-23(43)28-6-4-5-25/h8,13,19,26H,4-7,9,25H2,1-3H3,(H7,27,28,29,30,31,33,37,39,40,41,42,43)/b32-12+/t13-,19-/m1/s1. The quantitative estimate of drug-likeness (QED) is 0.0355. The van der Waals surface area contributed by atoms with Crippen LogP contribution >= 0.6 is 23.3 Å². The van der Waals surface area contributed by atoms with Crippen molar-refractivity contribution in [1.29, 1.82) is 0 Å². The van der Waals surface area contributed by atoms with Crippen molar-refractivity contribution in [2.24, 2.45) is 17.9 Å². The number of oxime groups is 1. The van der Waals surface area contributed by atoms with E-state index in [1.165, 1.54) is 36.5 Å². The summed E-state index contributed by atoms with van der Waals surface area (Å²) in [5.41, 5.74) is 15.1. The number of nitrogens with zero attached hydrogens (tertiary/aromatic N) is 6. The van der Waals surface area contributed by atoms with E-state index in [-0.39, 0.29) is 40.5 Å². The number of nitrogens with one attached hydrogen (secondary N) is 3. The molecule has 46 heavy (non-hydrogen) atoms. The average molecular weight is 681 g/mol. The van der Waals surface area contributed by atoms with Crippen LogP contribution in [0.1, 0.15) is 26.1 Å². The van der Waals surface area contributed by atoms with Crippen LogP contribution in [-0.2, 0) is 37.6 Å². The molecule has 0 aromatic carbocycles. The lowest BCUT2D eigenvalue weighted by atomic mass is 10.0. The third-order valence-corrected chi connectivity index (χ3v) is 8.71. The number of β-lactam (4-membered cyclic amide) rings is 1. The summed E-state index contributed by atoms with van der Waals surface area (Å²) in [4.78, 5) is 72.4. The van der Waals surface area contributed by atoms with E-state index < -0.39 is 52.5 Å². The van der Waals surface area contributed by atoms with Crippen LogP contribution in [0.4, 0.5) is 21.4 Å². The second-order valence-electron chi connectivity index (χ2n) is 10.5. The smallest absolute Gasteiger partial charge is 0.350 e. The third-order valence-electron chi connectivity index (χ3n) is 6.83. The van der Waals surface area contributed by atoms with Gasteiger partial charge in [-0.05, 0) is 26.8 Å². The van der Waals surface area contributed by atoms with Gasteiger partial charge >= 0.3 is 12.0 Å². The molecule has 248 valence electrons. The van der Waals surface area contributed by atoms with Crippen LogP contribution in [0.2, 0.25) is 0 Å². The Hall–Kier alpha value is -4.96. The van der Waals surface area contributed by atoms with Gasteiger partial charge in [-0.25, -0.2) is 9.59 Å². The van der Waals surface area contributed by atoms with Crippen molar-refractivity contribution in [3.63, 3.8) is 0 Å². The van der Waals surface area contributed by atoms with Gasteiger partial charge in [-0.2, -0.15) is 9.36 Å². The maximum absolute atomic E-state index is 13.2. The van der Waals surface area contributed by atoms with E-state index in [0.29, 0.717) is 25.1 Å². The molecule has 1 fully saturated rings. The molecule has 0 spiro atoms. The lowest BCUT2D eigenvalue weighted by Crippen LogP contribution is -2.71. The number of amides is 4. The number of nitrogens with two attached hydrogens (primary N) is 3. The highest BCUT2D eigenvalue weighted by molar-refractivity contribution is 8.00. The molecule has 0 saturated carbocycles. The maximum Gasteiger partial charge on any atom is 0.350 e. The number of hydrogen-bond donors (Lipinski definition) is 7. The summed E-state index contributed by atoms with van der Waals surface area (Å²) in [5, 5.41) is 32.2. The fraction of sp³-hybridized carbons (Fsp3) is 0.458. The first kappa shape index (κ1) is 33.9. The first-order valence-corrected chi connectivity index (χ1v) is 15.4. The molecule has 0 radical (unpaired) electrons. The van der Waals surface area contributed by atoms with Crippen molar-refractivity contribution in [2.75, 3.05) is 35.6 Å². The molecule has 0 bridgehead atoms. The Kier molecular flexibility index (Phi) is 10.0. The number of carboxylic acids is 2. The molecule has 2 aromatic heterocycles. The summed E-state index contributed by atoms with van der Waals surface area (Å²) in [5.74, 6) is -4.64. The second-order valence-corrected chi connectivity index (χ2v) is 12.4. The first-order valence-electron chi connectivity index (χ1n) is 13.5. The zero-order valence-electron chi connectivity index (χ0n) is 24.8. The molecule has 2 aliphatic heterocycles. The van der Waals surface area contributed by atoms with E-state index in [1.807, 2.05) is 0 Å². The van der Waals surface area contributed by atoms with Crippen LogP contribution < -0.4 is 42.9 Å². The molecular weight excluding hydrogens is 648 g/mol. The molecule has 2 aromatic rings. The number of aromatic nitrogens is 4. The van der Waals surface area contributed by atoms with E-state index in [0.717, 1.165) is 16.4 Å². The Balaban J connectivity index is 1.52. The molecular formula is C24H32N12O8S2. The van der Waals surface area contributed by atoms with E-state index in [1.54, 1.807) is 11.7 Å². The predicted octanol–water partition coefficient (Wildman–Crippen LogP) is -3.51. The van der Waals surface area contributed by atoms with Gasteiger partial charge in [-0.3, -0.25) is 19.8 Å². The monoisotopic (exact) mass is 680 g/mol.